The molecule has 3 aromatic heterocycles. The standard InChI is InChI=1S/C22H23N5S/c1-13-10-17-15(14(2)12-22(3,4)25-17)11-16(13)18-7-8-23-21-24-20(26-27(18)21)19-6-5-9-28-19/h5-11,14,25H,12H2,1-4H3/t14-/m0/s1. The Bertz CT molecular complexity index is 1170. The Morgan fingerprint density at radius 2 is 2.11 bits per heavy atom. The lowest BCUT2D eigenvalue weighted by Crippen LogP contribution is -2.36. The van der Waals surface area contributed by atoms with Gasteiger partial charge >= 0.3 is 0 Å². The minimum atomic E-state index is 0.117. The average Bonchev–Trinajstić information content (AvgIpc) is 3.29. The number of aromatic nitrogens is 4. The van der Waals surface area contributed by atoms with Crippen molar-refractivity contribution in [3.8, 4) is 22.0 Å². The van der Waals surface area contributed by atoms with Gasteiger partial charge in [-0.3, -0.25) is 0 Å². The first-order valence-corrected chi connectivity index (χ1v) is 10.5. The van der Waals surface area contributed by atoms with Crippen LogP contribution in [0.25, 0.3) is 27.7 Å². The molecular formula is C22H23N5S. The summed E-state index contributed by atoms with van der Waals surface area (Å²) in [5.41, 5.74) is 6.15. The van der Waals surface area contributed by atoms with E-state index in [1.807, 2.05) is 34.3 Å². The van der Waals surface area contributed by atoms with E-state index in [2.05, 4.69) is 55.1 Å². The molecule has 1 N–H and O–H groups in total. The molecule has 0 bridgehead atoms. The van der Waals surface area contributed by atoms with Crippen molar-refractivity contribution in [1.82, 2.24) is 19.6 Å². The number of rotatable bonds is 2. The molecular weight excluding hydrogens is 366 g/mol. The Labute approximate surface area is 168 Å². The Kier molecular flexibility index (Phi) is 3.81. The minimum Gasteiger partial charge on any atom is -0.380 e. The first kappa shape index (κ1) is 17.4. The number of fused-ring (bicyclic) bond motifs is 2. The summed E-state index contributed by atoms with van der Waals surface area (Å²) < 4.78 is 1.87. The van der Waals surface area contributed by atoms with E-state index in [-0.39, 0.29) is 5.54 Å². The van der Waals surface area contributed by atoms with Crippen LogP contribution in [0.1, 0.15) is 44.2 Å². The lowest BCUT2D eigenvalue weighted by molar-refractivity contribution is 0.454. The molecule has 6 heteroatoms. The number of aryl methyl sites for hydroxylation is 1. The van der Waals surface area contributed by atoms with Gasteiger partial charge in [-0.05, 0) is 73.9 Å². The second-order valence-corrected chi connectivity index (χ2v) is 9.27. The molecule has 0 saturated heterocycles. The van der Waals surface area contributed by atoms with E-state index in [1.54, 1.807) is 11.3 Å². The highest BCUT2D eigenvalue weighted by Gasteiger charge is 2.30. The van der Waals surface area contributed by atoms with E-state index in [4.69, 9.17) is 5.10 Å². The highest BCUT2D eigenvalue weighted by Crippen LogP contribution is 2.41. The molecule has 1 aliphatic rings. The van der Waals surface area contributed by atoms with E-state index < -0.39 is 0 Å². The van der Waals surface area contributed by atoms with Crippen LogP contribution in [0, 0.1) is 6.92 Å². The maximum absolute atomic E-state index is 4.76. The SMILES string of the molecule is Cc1cc2c(cc1-c1ccnc3nc(-c4cccs4)nn13)[C@@H](C)CC(C)(C)N2. The Morgan fingerprint density at radius 3 is 2.89 bits per heavy atom. The minimum absolute atomic E-state index is 0.117. The van der Waals surface area contributed by atoms with Gasteiger partial charge in [0.15, 0.2) is 5.82 Å². The molecule has 1 aromatic carbocycles. The quantitative estimate of drug-likeness (QED) is 0.490. The third-order valence-corrected chi connectivity index (χ3v) is 6.34. The molecule has 4 heterocycles. The van der Waals surface area contributed by atoms with E-state index in [9.17, 15) is 0 Å². The maximum atomic E-state index is 4.76. The van der Waals surface area contributed by atoms with Gasteiger partial charge in [0.05, 0.1) is 10.6 Å². The molecule has 1 atom stereocenters. The number of thiophene rings is 1. The summed E-state index contributed by atoms with van der Waals surface area (Å²) in [6.07, 6.45) is 2.93. The highest BCUT2D eigenvalue weighted by molar-refractivity contribution is 7.13. The zero-order valence-corrected chi connectivity index (χ0v) is 17.3. The summed E-state index contributed by atoms with van der Waals surface area (Å²) in [6, 6.07) is 10.7. The molecule has 0 unspecified atom stereocenters. The second kappa shape index (κ2) is 6.14. The largest absolute Gasteiger partial charge is 0.380 e. The van der Waals surface area contributed by atoms with E-state index in [0.717, 1.165) is 22.8 Å². The van der Waals surface area contributed by atoms with E-state index >= 15 is 0 Å². The van der Waals surface area contributed by atoms with Crippen molar-refractivity contribution in [2.45, 2.75) is 45.6 Å². The summed E-state index contributed by atoms with van der Waals surface area (Å²) >= 11 is 1.64. The van der Waals surface area contributed by atoms with Gasteiger partial charge in [-0.15, -0.1) is 16.4 Å². The normalized spacial score (nSPS) is 18.1. The van der Waals surface area contributed by atoms with Crippen LogP contribution in [-0.4, -0.2) is 25.1 Å². The molecule has 0 radical (unpaired) electrons. The van der Waals surface area contributed by atoms with Crippen molar-refractivity contribution in [3.63, 3.8) is 0 Å². The van der Waals surface area contributed by atoms with Crippen LogP contribution in [0.4, 0.5) is 5.69 Å². The zero-order valence-electron chi connectivity index (χ0n) is 16.5. The number of nitrogens with one attached hydrogen (secondary N) is 1. The van der Waals surface area contributed by atoms with Crippen LogP contribution in [0.2, 0.25) is 0 Å². The van der Waals surface area contributed by atoms with Crippen molar-refractivity contribution in [2.75, 3.05) is 5.32 Å². The number of nitrogens with zero attached hydrogens (tertiary/aromatic N) is 4. The monoisotopic (exact) mass is 389 g/mol. The van der Waals surface area contributed by atoms with Gasteiger partial charge in [-0.1, -0.05) is 13.0 Å². The molecule has 28 heavy (non-hydrogen) atoms. The number of benzene rings is 1. The van der Waals surface area contributed by atoms with Crippen LogP contribution >= 0.6 is 11.3 Å². The predicted octanol–water partition coefficient (Wildman–Crippen LogP) is 5.53. The molecule has 0 amide bonds. The molecule has 0 spiro atoms. The maximum Gasteiger partial charge on any atom is 0.253 e. The molecule has 5 rings (SSSR count). The van der Waals surface area contributed by atoms with Gasteiger partial charge in [-0.25, -0.2) is 4.98 Å². The fraction of sp³-hybridized carbons (Fsp3) is 0.318. The first-order chi connectivity index (χ1) is 13.4. The Morgan fingerprint density at radius 1 is 1.25 bits per heavy atom. The summed E-state index contributed by atoms with van der Waals surface area (Å²) in [5, 5.41) is 10.5. The summed E-state index contributed by atoms with van der Waals surface area (Å²) in [7, 11) is 0. The summed E-state index contributed by atoms with van der Waals surface area (Å²) in [5.74, 6) is 1.85. The molecule has 1 aliphatic heterocycles. The first-order valence-electron chi connectivity index (χ1n) is 9.60. The molecule has 0 fully saturated rings. The van der Waals surface area contributed by atoms with Gasteiger partial charge in [-0.2, -0.15) is 9.50 Å². The van der Waals surface area contributed by atoms with Gasteiger partial charge in [0.1, 0.15) is 0 Å². The third kappa shape index (κ3) is 2.79. The number of hydrogen-bond acceptors (Lipinski definition) is 5. The Hall–Kier alpha value is -2.73. The van der Waals surface area contributed by atoms with Crippen molar-refractivity contribution >= 4 is 22.8 Å². The van der Waals surface area contributed by atoms with E-state index in [0.29, 0.717) is 11.7 Å². The van der Waals surface area contributed by atoms with Crippen molar-refractivity contribution in [3.05, 3.63) is 53.0 Å². The van der Waals surface area contributed by atoms with E-state index in [1.165, 1.54) is 22.4 Å². The van der Waals surface area contributed by atoms with Gasteiger partial charge in [0, 0.05) is 23.0 Å². The molecule has 5 nitrogen and oxygen atoms in total. The number of hydrogen-bond donors (Lipinski definition) is 1. The molecule has 142 valence electrons. The van der Waals surface area contributed by atoms with Crippen LogP contribution < -0.4 is 5.32 Å². The molecule has 0 saturated carbocycles. The number of anilines is 1. The average molecular weight is 390 g/mol. The zero-order chi connectivity index (χ0) is 19.5. The van der Waals surface area contributed by atoms with Crippen molar-refractivity contribution < 1.29 is 0 Å². The smallest absolute Gasteiger partial charge is 0.253 e. The van der Waals surface area contributed by atoms with Crippen LogP contribution in [0.3, 0.4) is 0 Å². The second-order valence-electron chi connectivity index (χ2n) is 8.32. The fourth-order valence-corrected chi connectivity index (χ4v) is 4.97. The van der Waals surface area contributed by atoms with Gasteiger partial charge < -0.3 is 5.32 Å². The lowest BCUT2D eigenvalue weighted by atomic mass is 9.80. The van der Waals surface area contributed by atoms with Gasteiger partial charge in [0.2, 0.25) is 0 Å². The van der Waals surface area contributed by atoms with Crippen molar-refractivity contribution in [2.24, 2.45) is 0 Å². The van der Waals surface area contributed by atoms with Gasteiger partial charge in [0.25, 0.3) is 5.78 Å². The molecule has 4 aromatic rings. The third-order valence-electron chi connectivity index (χ3n) is 5.48. The Balaban J connectivity index is 1.68. The molecule has 0 aliphatic carbocycles. The summed E-state index contributed by atoms with van der Waals surface area (Å²) in [4.78, 5) is 10.1. The van der Waals surface area contributed by atoms with Crippen molar-refractivity contribution in [1.29, 1.82) is 0 Å². The lowest BCUT2D eigenvalue weighted by Gasteiger charge is -2.38. The fourth-order valence-electron chi connectivity index (χ4n) is 4.32. The van der Waals surface area contributed by atoms with Crippen LogP contribution in [0.15, 0.2) is 41.9 Å². The van der Waals surface area contributed by atoms with Crippen LogP contribution in [-0.2, 0) is 0 Å². The predicted molar refractivity (Wildman–Crippen MR) is 115 cm³/mol. The van der Waals surface area contributed by atoms with Crippen LogP contribution in [0.5, 0.6) is 0 Å². The highest BCUT2D eigenvalue weighted by atomic mass is 32.1. The summed E-state index contributed by atoms with van der Waals surface area (Å²) in [6.45, 7) is 9.01. The topological polar surface area (TPSA) is 55.1 Å².